The standard InChI is InChI=1S/NO3.2H2O.Pd/c2-1(3)4;;;/h;2*1H2;/q-1;;;. The Balaban J connectivity index is -0.0000000150. The van der Waals surface area contributed by atoms with Gasteiger partial charge in [0.2, 0.25) is 0 Å². The van der Waals surface area contributed by atoms with Crippen LogP contribution >= 0.6 is 0 Å². The molecule has 0 aliphatic carbocycles. The Morgan fingerprint density at radius 1 is 1.14 bits per heavy atom. The van der Waals surface area contributed by atoms with Crippen molar-refractivity contribution < 1.29 is 36.5 Å². The van der Waals surface area contributed by atoms with Gasteiger partial charge in [-0.2, -0.15) is 0 Å². The van der Waals surface area contributed by atoms with Crippen LogP contribution in [0.5, 0.6) is 0 Å². The minimum absolute atomic E-state index is 0. The molecule has 0 atom stereocenters. The topological polar surface area (TPSA) is 129 Å². The molecule has 0 rings (SSSR count). The fourth-order valence-corrected chi connectivity index (χ4v) is 0. The minimum atomic E-state index is -1.75. The fraction of sp³-hybridized carbons (Fsp3) is 0. The van der Waals surface area contributed by atoms with E-state index in [2.05, 4.69) is 0 Å². The first-order chi connectivity index (χ1) is 1.73. The van der Waals surface area contributed by atoms with E-state index in [4.69, 9.17) is 15.3 Å². The Kier molecular flexibility index (Phi) is 71.5. The summed E-state index contributed by atoms with van der Waals surface area (Å²) >= 11 is 0. The van der Waals surface area contributed by atoms with Gasteiger partial charge in [-0.05, 0) is 0 Å². The SMILES string of the molecule is O.O.O=[N+]([O-])[O-].[Pd]. The summed E-state index contributed by atoms with van der Waals surface area (Å²) in [6.45, 7) is 0. The van der Waals surface area contributed by atoms with Crippen molar-refractivity contribution in [2.24, 2.45) is 0 Å². The average molecular weight is 204 g/mol. The van der Waals surface area contributed by atoms with Crippen LogP contribution in [0.1, 0.15) is 0 Å². The second-order valence-corrected chi connectivity index (χ2v) is 0.224. The molecular formula is H4NO5Pd-. The molecule has 0 unspecified atom stereocenters. The molecule has 0 saturated carbocycles. The van der Waals surface area contributed by atoms with Gasteiger partial charge in [0.25, 0.3) is 0 Å². The van der Waals surface area contributed by atoms with E-state index >= 15 is 0 Å². The normalized spacial score (nSPS) is 3.43. The van der Waals surface area contributed by atoms with Gasteiger partial charge in [0.1, 0.15) is 0 Å². The van der Waals surface area contributed by atoms with Crippen LogP contribution in [0, 0.1) is 15.3 Å². The molecule has 7 heavy (non-hydrogen) atoms. The first-order valence-electron chi connectivity index (χ1n) is 0.548. The Bertz CT molecular complexity index is 31.1. The van der Waals surface area contributed by atoms with Gasteiger partial charge < -0.3 is 26.3 Å². The summed E-state index contributed by atoms with van der Waals surface area (Å²) in [6.07, 6.45) is 0. The quantitative estimate of drug-likeness (QED) is 0.260. The van der Waals surface area contributed by atoms with Crippen molar-refractivity contribution in [2.45, 2.75) is 0 Å². The predicted octanol–water partition coefficient (Wildman–Crippen LogP) is -1.89. The summed E-state index contributed by atoms with van der Waals surface area (Å²) in [4.78, 5) is 8.25. The second-order valence-electron chi connectivity index (χ2n) is 0.224. The van der Waals surface area contributed by atoms with E-state index in [1.165, 1.54) is 0 Å². The monoisotopic (exact) mass is 204 g/mol. The summed E-state index contributed by atoms with van der Waals surface area (Å²) < 4.78 is 0. The fourth-order valence-electron chi connectivity index (χ4n) is 0. The molecule has 7 heteroatoms. The van der Waals surface area contributed by atoms with E-state index in [9.17, 15) is 0 Å². The average Bonchev–Trinajstić information content (AvgIpc) is 0.811. The molecule has 0 aliphatic heterocycles. The van der Waals surface area contributed by atoms with Crippen LogP contribution in [0.25, 0.3) is 0 Å². The molecule has 0 spiro atoms. The minimum Gasteiger partial charge on any atom is -0.412 e. The summed E-state index contributed by atoms with van der Waals surface area (Å²) in [5.74, 6) is 0. The molecule has 6 nitrogen and oxygen atoms in total. The van der Waals surface area contributed by atoms with E-state index in [0.29, 0.717) is 0 Å². The van der Waals surface area contributed by atoms with Gasteiger partial charge >= 0.3 is 0 Å². The Morgan fingerprint density at radius 3 is 1.14 bits per heavy atom. The van der Waals surface area contributed by atoms with Crippen LogP contribution in [0.15, 0.2) is 0 Å². The van der Waals surface area contributed by atoms with Crippen LogP contribution in [0.2, 0.25) is 0 Å². The van der Waals surface area contributed by atoms with Gasteiger partial charge in [-0.15, -0.1) is 0 Å². The molecule has 0 aromatic carbocycles. The Hall–Kier alpha value is -0.218. The van der Waals surface area contributed by atoms with Crippen molar-refractivity contribution in [2.75, 3.05) is 0 Å². The van der Waals surface area contributed by atoms with E-state index in [-0.39, 0.29) is 31.4 Å². The Labute approximate surface area is 52.5 Å². The van der Waals surface area contributed by atoms with Crippen molar-refractivity contribution in [3.8, 4) is 0 Å². The van der Waals surface area contributed by atoms with E-state index in [1.807, 2.05) is 0 Å². The summed E-state index contributed by atoms with van der Waals surface area (Å²) in [6, 6.07) is 0. The van der Waals surface area contributed by atoms with Crippen LogP contribution in [-0.2, 0) is 20.4 Å². The zero-order chi connectivity index (χ0) is 3.58. The van der Waals surface area contributed by atoms with Gasteiger partial charge in [0.15, 0.2) is 0 Å². The van der Waals surface area contributed by atoms with E-state index < -0.39 is 5.09 Å². The third kappa shape index (κ3) is 1750. The predicted molar refractivity (Wildman–Crippen MR) is 17.6 cm³/mol. The smallest absolute Gasteiger partial charge is 0.0689 e. The summed E-state index contributed by atoms with van der Waals surface area (Å²) in [5, 5.41) is 14.8. The van der Waals surface area contributed by atoms with Crippen LogP contribution < -0.4 is 0 Å². The Morgan fingerprint density at radius 2 is 1.14 bits per heavy atom. The number of hydrogen-bond acceptors (Lipinski definition) is 3. The zero-order valence-electron chi connectivity index (χ0n) is 2.99. The van der Waals surface area contributed by atoms with Gasteiger partial charge in [-0.25, -0.2) is 0 Å². The largest absolute Gasteiger partial charge is 0.412 e. The van der Waals surface area contributed by atoms with Crippen LogP contribution in [-0.4, -0.2) is 16.0 Å². The molecule has 4 N–H and O–H groups in total. The first kappa shape index (κ1) is 29.3. The first-order valence-corrected chi connectivity index (χ1v) is 0.548. The number of nitrogens with zero attached hydrogens (tertiary/aromatic N) is 1. The van der Waals surface area contributed by atoms with E-state index in [1.54, 1.807) is 0 Å². The molecule has 0 radical (unpaired) electrons. The molecular weight excluding hydrogens is 200 g/mol. The molecule has 0 aromatic heterocycles. The van der Waals surface area contributed by atoms with E-state index in [0.717, 1.165) is 0 Å². The molecule has 0 amide bonds. The number of rotatable bonds is 0. The third-order valence-electron chi connectivity index (χ3n) is 0. The second kappa shape index (κ2) is 17.1. The van der Waals surface area contributed by atoms with Gasteiger partial charge in [-0.3, -0.25) is 0 Å². The van der Waals surface area contributed by atoms with Crippen LogP contribution in [0.4, 0.5) is 0 Å². The maximum absolute atomic E-state index is 8.25. The molecule has 0 bridgehead atoms. The molecule has 0 aliphatic rings. The summed E-state index contributed by atoms with van der Waals surface area (Å²) in [7, 11) is 0. The number of hydrogen-bond donors (Lipinski definition) is 0. The third-order valence-corrected chi connectivity index (χ3v) is 0. The summed E-state index contributed by atoms with van der Waals surface area (Å²) in [5.41, 5.74) is 0. The molecule has 0 heterocycles. The molecule has 0 fully saturated rings. The van der Waals surface area contributed by atoms with Crippen molar-refractivity contribution in [1.82, 2.24) is 0 Å². The van der Waals surface area contributed by atoms with Crippen LogP contribution in [0.3, 0.4) is 0 Å². The van der Waals surface area contributed by atoms with Crippen molar-refractivity contribution in [3.63, 3.8) is 0 Å². The van der Waals surface area contributed by atoms with Crippen molar-refractivity contribution >= 4 is 0 Å². The maximum Gasteiger partial charge on any atom is 0.0689 e. The molecule has 0 saturated heterocycles. The molecule has 50 valence electrons. The molecule has 0 aromatic rings. The van der Waals surface area contributed by atoms with Gasteiger partial charge in [0, 0.05) is 20.4 Å². The van der Waals surface area contributed by atoms with Gasteiger partial charge in [-0.1, -0.05) is 0 Å². The van der Waals surface area contributed by atoms with Gasteiger partial charge in [0.05, 0.1) is 5.09 Å². The zero-order valence-corrected chi connectivity index (χ0v) is 4.54. The van der Waals surface area contributed by atoms with Crippen molar-refractivity contribution in [3.05, 3.63) is 15.3 Å². The maximum atomic E-state index is 8.25. The van der Waals surface area contributed by atoms with Crippen molar-refractivity contribution in [1.29, 1.82) is 0 Å².